The number of imide groups is 2. The van der Waals surface area contributed by atoms with Crippen molar-refractivity contribution in [3.63, 3.8) is 0 Å². The molecule has 156 valence electrons. The number of hydrogen-bond acceptors (Lipinski definition) is 6. The van der Waals surface area contributed by atoms with Gasteiger partial charge in [-0.15, -0.1) is 0 Å². The number of nitrogens with zero attached hydrogens (tertiary/aromatic N) is 2. The van der Waals surface area contributed by atoms with Crippen molar-refractivity contribution in [2.45, 2.75) is 38.6 Å². The molecule has 1 saturated heterocycles. The van der Waals surface area contributed by atoms with Crippen LogP contribution in [0.1, 0.15) is 32.6 Å². The number of ether oxygens (including phenoxy) is 2. The first kappa shape index (κ1) is 20.6. The summed E-state index contributed by atoms with van der Waals surface area (Å²) in [6, 6.07) is 3.79. The van der Waals surface area contributed by atoms with Crippen LogP contribution in [0.2, 0.25) is 0 Å². The first-order valence-electron chi connectivity index (χ1n) is 9.58. The minimum atomic E-state index is -0.968. The van der Waals surface area contributed by atoms with E-state index in [2.05, 4.69) is 5.32 Å². The number of amides is 5. The van der Waals surface area contributed by atoms with Crippen LogP contribution in [0, 0.1) is 5.92 Å². The lowest BCUT2D eigenvalue weighted by Gasteiger charge is -2.34. The van der Waals surface area contributed by atoms with Crippen LogP contribution < -0.4 is 14.8 Å². The summed E-state index contributed by atoms with van der Waals surface area (Å²) in [5.74, 6) is -1.39. The van der Waals surface area contributed by atoms with Crippen LogP contribution in [-0.2, 0) is 14.4 Å². The lowest BCUT2D eigenvalue weighted by Crippen LogP contribution is -2.46. The van der Waals surface area contributed by atoms with Gasteiger partial charge in [0.15, 0.2) is 0 Å². The summed E-state index contributed by atoms with van der Waals surface area (Å²) in [6.07, 6.45) is 3.51. The van der Waals surface area contributed by atoms with E-state index in [9.17, 15) is 19.2 Å². The Balaban J connectivity index is 1.71. The molecule has 5 amide bonds. The van der Waals surface area contributed by atoms with E-state index in [4.69, 9.17) is 9.47 Å². The fourth-order valence-corrected chi connectivity index (χ4v) is 3.87. The zero-order valence-corrected chi connectivity index (χ0v) is 16.8. The Morgan fingerprint density at radius 3 is 2.48 bits per heavy atom. The minimum Gasteiger partial charge on any atom is -0.497 e. The summed E-state index contributed by atoms with van der Waals surface area (Å²) in [6.45, 7) is 1.43. The third-order valence-corrected chi connectivity index (χ3v) is 5.47. The molecule has 9 nitrogen and oxygen atoms in total. The van der Waals surface area contributed by atoms with Crippen molar-refractivity contribution >= 4 is 29.4 Å². The Bertz CT molecular complexity index is 840. The van der Waals surface area contributed by atoms with Crippen LogP contribution in [0.3, 0.4) is 0 Å². The van der Waals surface area contributed by atoms with Gasteiger partial charge in [0.1, 0.15) is 18.0 Å². The van der Waals surface area contributed by atoms with Gasteiger partial charge in [-0.3, -0.25) is 19.3 Å². The average molecular weight is 403 g/mol. The van der Waals surface area contributed by atoms with Crippen molar-refractivity contribution < 1.29 is 28.7 Å². The third-order valence-electron chi connectivity index (χ3n) is 5.47. The highest BCUT2D eigenvalue weighted by atomic mass is 16.5. The standard InChI is InChI=1S/C20H25N3O6/c1-12-6-4-5-7-15(12)23-19(26)18(25)22(20(23)27)11-17(24)21-14-9-8-13(28-2)10-16(14)29-3/h8-10,12,15H,4-7,11H2,1-3H3,(H,21,24)/t12-,15-/m0/s1. The lowest BCUT2D eigenvalue weighted by atomic mass is 9.85. The zero-order chi connectivity index (χ0) is 21.1. The Kier molecular flexibility index (Phi) is 6.05. The van der Waals surface area contributed by atoms with Crippen LogP contribution >= 0.6 is 0 Å². The molecule has 2 atom stereocenters. The summed E-state index contributed by atoms with van der Waals surface area (Å²) < 4.78 is 10.3. The van der Waals surface area contributed by atoms with E-state index >= 15 is 0 Å². The van der Waals surface area contributed by atoms with Gasteiger partial charge in [-0.2, -0.15) is 0 Å². The van der Waals surface area contributed by atoms with Crippen molar-refractivity contribution in [2.75, 3.05) is 26.1 Å². The molecule has 0 radical (unpaired) electrons. The number of rotatable bonds is 6. The maximum Gasteiger partial charge on any atom is 0.334 e. The molecule has 1 saturated carbocycles. The monoisotopic (exact) mass is 403 g/mol. The van der Waals surface area contributed by atoms with Gasteiger partial charge in [-0.1, -0.05) is 19.8 Å². The Hall–Kier alpha value is -3.10. The topological polar surface area (TPSA) is 105 Å². The van der Waals surface area contributed by atoms with Crippen LogP contribution in [0.5, 0.6) is 11.5 Å². The van der Waals surface area contributed by atoms with Gasteiger partial charge in [0, 0.05) is 12.1 Å². The second kappa shape index (κ2) is 8.50. The molecule has 1 aliphatic heterocycles. The maximum absolute atomic E-state index is 12.8. The minimum absolute atomic E-state index is 0.127. The molecule has 0 bridgehead atoms. The van der Waals surface area contributed by atoms with E-state index in [1.807, 2.05) is 6.92 Å². The molecule has 1 aromatic carbocycles. The molecular weight excluding hydrogens is 378 g/mol. The van der Waals surface area contributed by atoms with Crippen LogP contribution in [-0.4, -0.2) is 60.4 Å². The third kappa shape index (κ3) is 4.03. The predicted octanol–water partition coefficient (Wildman–Crippen LogP) is 2.01. The van der Waals surface area contributed by atoms with Gasteiger partial charge in [0.2, 0.25) is 5.91 Å². The molecule has 2 fully saturated rings. The van der Waals surface area contributed by atoms with Crippen LogP contribution in [0.15, 0.2) is 18.2 Å². The second-order valence-electron chi connectivity index (χ2n) is 7.29. The number of methoxy groups -OCH3 is 2. The molecular formula is C20H25N3O6. The Labute approximate surface area is 168 Å². The van der Waals surface area contributed by atoms with Gasteiger partial charge in [-0.25, -0.2) is 9.69 Å². The van der Waals surface area contributed by atoms with Crippen molar-refractivity contribution in [2.24, 2.45) is 5.92 Å². The molecule has 9 heteroatoms. The fraction of sp³-hybridized carbons (Fsp3) is 0.500. The summed E-state index contributed by atoms with van der Waals surface area (Å²) in [5.41, 5.74) is 0.362. The SMILES string of the molecule is COc1ccc(NC(=O)CN2C(=O)C(=O)N([C@H]3CCCC[C@@H]3C)C2=O)c(OC)c1. The van der Waals surface area contributed by atoms with Gasteiger partial charge in [-0.05, 0) is 30.9 Å². The molecule has 1 heterocycles. The fourth-order valence-electron chi connectivity index (χ4n) is 3.87. The summed E-state index contributed by atoms with van der Waals surface area (Å²) in [7, 11) is 2.95. The number of urea groups is 1. The number of hydrogen-bond donors (Lipinski definition) is 1. The quantitative estimate of drug-likeness (QED) is 0.575. The lowest BCUT2D eigenvalue weighted by molar-refractivity contribution is -0.145. The molecule has 2 aliphatic rings. The van der Waals surface area contributed by atoms with E-state index in [1.165, 1.54) is 14.2 Å². The van der Waals surface area contributed by atoms with Gasteiger partial charge in [0.05, 0.1) is 19.9 Å². The molecule has 1 aromatic rings. The normalized spacial score (nSPS) is 22.1. The predicted molar refractivity (Wildman–Crippen MR) is 104 cm³/mol. The summed E-state index contributed by atoms with van der Waals surface area (Å²) in [5, 5.41) is 2.60. The highest BCUT2D eigenvalue weighted by molar-refractivity contribution is 6.45. The number of benzene rings is 1. The van der Waals surface area contributed by atoms with Gasteiger partial charge < -0.3 is 14.8 Å². The number of nitrogens with one attached hydrogen (secondary N) is 1. The molecule has 1 N–H and O–H groups in total. The van der Waals surface area contributed by atoms with Crippen molar-refractivity contribution in [3.8, 4) is 11.5 Å². The summed E-state index contributed by atoms with van der Waals surface area (Å²) >= 11 is 0. The van der Waals surface area contributed by atoms with Gasteiger partial charge >= 0.3 is 17.8 Å². The Morgan fingerprint density at radius 1 is 1.10 bits per heavy atom. The number of anilines is 1. The van der Waals surface area contributed by atoms with Crippen LogP contribution in [0.4, 0.5) is 10.5 Å². The first-order valence-corrected chi connectivity index (χ1v) is 9.58. The van der Waals surface area contributed by atoms with Gasteiger partial charge in [0.25, 0.3) is 0 Å². The van der Waals surface area contributed by atoms with E-state index in [1.54, 1.807) is 18.2 Å². The highest BCUT2D eigenvalue weighted by Crippen LogP contribution is 2.32. The van der Waals surface area contributed by atoms with Crippen molar-refractivity contribution in [1.82, 2.24) is 9.80 Å². The maximum atomic E-state index is 12.8. The van der Waals surface area contributed by atoms with E-state index in [0.717, 1.165) is 24.2 Å². The van der Waals surface area contributed by atoms with Crippen molar-refractivity contribution in [1.29, 1.82) is 0 Å². The molecule has 29 heavy (non-hydrogen) atoms. The summed E-state index contributed by atoms with van der Waals surface area (Å²) in [4.78, 5) is 51.7. The molecule has 1 aliphatic carbocycles. The average Bonchev–Trinajstić information content (AvgIpc) is 2.92. The Morgan fingerprint density at radius 2 is 1.83 bits per heavy atom. The number of carbonyl (C=O) groups is 4. The largest absolute Gasteiger partial charge is 0.497 e. The van der Waals surface area contributed by atoms with E-state index in [0.29, 0.717) is 28.5 Å². The molecule has 0 aromatic heterocycles. The van der Waals surface area contributed by atoms with E-state index < -0.39 is 30.3 Å². The van der Waals surface area contributed by atoms with Crippen molar-refractivity contribution in [3.05, 3.63) is 18.2 Å². The molecule has 0 spiro atoms. The second-order valence-corrected chi connectivity index (χ2v) is 7.29. The van der Waals surface area contributed by atoms with E-state index in [-0.39, 0.29) is 12.0 Å². The first-order chi connectivity index (χ1) is 13.9. The zero-order valence-electron chi connectivity index (χ0n) is 16.8. The highest BCUT2D eigenvalue weighted by Gasteiger charge is 2.49. The van der Waals surface area contributed by atoms with Crippen LogP contribution in [0.25, 0.3) is 0 Å². The number of carbonyl (C=O) groups excluding carboxylic acids is 4. The molecule has 3 rings (SSSR count). The smallest absolute Gasteiger partial charge is 0.334 e. The molecule has 0 unspecified atom stereocenters.